The number of carbonyl (C=O) groups is 1. The summed E-state index contributed by atoms with van der Waals surface area (Å²) in [4.78, 5) is 12.5. The molecule has 0 bridgehead atoms. The van der Waals surface area contributed by atoms with Gasteiger partial charge in [0.2, 0.25) is 0 Å². The molecule has 1 aliphatic carbocycles. The van der Waals surface area contributed by atoms with Crippen molar-refractivity contribution in [1.29, 1.82) is 0 Å². The second-order valence-corrected chi connectivity index (χ2v) is 5.38. The van der Waals surface area contributed by atoms with E-state index in [0.717, 1.165) is 25.7 Å². The number of hydrogen-bond donors (Lipinski definition) is 1. The van der Waals surface area contributed by atoms with E-state index in [0.29, 0.717) is 22.9 Å². The summed E-state index contributed by atoms with van der Waals surface area (Å²) in [7, 11) is 3.08. The molecule has 2 rings (SSSR count). The number of nitrogens with one attached hydrogen (secondary N) is 1. The molecule has 1 aromatic carbocycles. The first kappa shape index (κ1) is 15.0. The van der Waals surface area contributed by atoms with E-state index in [4.69, 9.17) is 21.1 Å². The zero-order chi connectivity index (χ0) is 14.6. The number of ether oxygens (including phenoxy) is 2. The molecule has 0 radical (unpaired) electrons. The van der Waals surface area contributed by atoms with Gasteiger partial charge in [-0.25, -0.2) is 0 Å². The molecular formula is C15H20ClNO3. The molecule has 1 saturated carbocycles. The van der Waals surface area contributed by atoms with Crippen LogP contribution in [0.25, 0.3) is 0 Å². The molecule has 1 aliphatic rings. The van der Waals surface area contributed by atoms with E-state index < -0.39 is 0 Å². The fourth-order valence-electron chi connectivity index (χ4n) is 2.72. The van der Waals surface area contributed by atoms with E-state index in [2.05, 4.69) is 5.32 Å². The number of para-hydroxylation sites is 1. The average molecular weight is 298 g/mol. The normalized spacial score (nSPS) is 16.8. The van der Waals surface area contributed by atoms with Gasteiger partial charge in [0, 0.05) is 5.88 Å². The molecule has 1 N–H and O–H groups in total. The van der Waals surface area contributed by atoms with Gasteiger partial charge in [0.15, 0.2) is 11.5 Å². The van der Waals surface area contributed by atoms with Crippen molar-refractivity contribution in [2.45, 2.75) is 31.2 Å². The number of hydrogen-bond acceptors (Lipinski definition) is 3. The fourth-order valence-corrected chi connectivity index (χ4v) is 3.05. The van der Waals surface area contributed by atoms with Gasteiger partial charge in [0.05, 0.1) is 25.3 Å². The molecule has 1 aromatic rings. The summed E-state index contributed by atoms with van der Waals surface area (Å²) in [6.07, 6.45) is 4.05. The minimum Gasteiger partial charge on any atom is -0.493 e. The highest BCUT2D eigenvalue weighted by Crippen LogP contribution is 2.34. The van der Waals surface area contributed by atoms with Gasteiger partial charge < -0.3 is 14.8 Å². The number of methoxy groups -OCH3 is 2. The molecule has 0 aliphatic heterocycles. The van der Waals surface area contributed by atoms with Gasteiger partial charge in [-0.3, -0.25) is 4.79 Å². The van der Waals surface area contributed by atoms with Crippen LogP contribution in [0.2, 0.25) is 0 Å². The van der Waals surface area contributed by atoms with Crippen molar-refractivity contribution in [1.82, 2.24) is 5.32 Å². The Morgan fingerprint density at radius 2 is 2.00 bits per heavy atom. The van der Waals surface area contributed by atoms with E-state index in [1.807, 2.05) is 0 Å². The fraction of sp³-hybridized carbons (Fsp3) is 0.533. The number of benzene rings is 1. The van der Waals surface area contributed by atoms with E-state index in [-0.39, 0.29) is 11.4 Å². The molecule has 0 aromatic heterocycles. The molecular weight excluding hydrogens is 278 g/mol. The third-order valence-corrected chi connectivity index (χ3v) is 4.35. The standard InChI is InChI=1S/C15H20ClNO3/c1-19-12-7-5-6-11(13(12)20-2)14(18)17-15(10-16)8-3-4-9-15/h5-7H,3-4,8-10H2,1-2H3,(H,17,18). The zero-order valence-electron chi connectivity index (χ0n) is 11.9. The van der Waals surface area contributed by atoms with Crippen LogP contribution in [0.5, 0.6) is 11.5 Å². The second-order valence-electron chi connectivity index (χ2n) is 5.12. The minimum absolute atomic E-state index is 0.164. The summed E-state index contributed by atoms with van der Waals surface area (Å²) >= 11 is 6.06. The number of rotatable bonds is 5. The summed E-state index contributed by atoms with van der Waals surface area (Å²) < 4.78 is 10.5. The predicted octanol–water partition coefficient (Wildman–Crippen LogP) is 2.99. The summed E-state index contributed by atoms with van der Waals surface area (Å²) in [5, 5.41) is 3.08. The lowest BCUT2D eigenvalue weighted by Crippen LogP contribution is -2.48. The van der Waals surface area contributed by atoms with Crippen LogP contribution in [-0.2, 0) is 0 Å². The van der Waals surface area contributed by atoms with Crippen molar-refractivity contribution in [2.24, 2.45) is 0 Å². The van der Waals surface area contributed by atoms with Crippen molar-refractivity contribution in [2.75, 3.05) is 20.1 Å². The monoisotopic (exact) mass is 297 g/mol. The Balaban J connectivity index is 2.25. The van der Waals surface area contributed by atoms with Gasteiger partial charge in [-0.1, -0.05) is 18.9 Å². The highest BCUT2D eigenvalue weighted by molar-refractivity contribution is 6.19. The van der Waals surface area contributed by atoms with Crippen molar-refractivity contribution >= 4 is 17.5 Å². The first-order chi connectivity index (χ1) is 9.65. The Morgan fingerprint density at radius 1 is 1.30 bits per heavy atom. The molecule has 20 heavy (non-hydrogen) atoms. The molecule has 110 valence electrons. The number of alkyl halides is 1. The van der Waals surface area contributed by atoms with E-state index >= 15 is 0 Å². The lowest BCUT2D eigenvalue weighted by molar-refractivity contribution is 0.0905. The van der Waals surface area contributed by atoms with Crippen LogP contribution in [-0.4, -0.2) is 31.5 Å². The quantitative estimate of drug-likeness (QED) is 0.850. The molecule has 0 saturated heterocycles. The highest BCUT2D eigenvalue weighted by atomic mass is 35.5. The molecule has 0 atom stereocenters. The third kappa shape index (κ3) is 2.85. The van der Waals surface area contributed by atoms with Gasteiger partial charge in [-0.2, -0.15) is 0 Å². The largest absolute Gasteiger partial charge is 0.493 e. The molecule has 0 heterocycles. The predicted molar refractivity (Wildman–Crippen MR) is 78.9 cm³/mol. The third-order valence-electron chi connectivity index (χ3n) is 3.84. The van der Waals surface area contributed by atoms with Crippen LogP contribution in [0.15, 0.2) is 18.2 Å². The maximum Gasteiger partial charge on any atom is 0.255 e. The van der Waals surface area contributed by atoms with Crippen LogP contribution >= 0.6 is 11.6 Å². The summed E-state index contributed by atoms with van der Waals surface area (Å²) in [5.74, 6) is 1.27. The maximum absolute atomic E-state index is 12.5. The van der Waals surface area contributed by atoms with Crippen molar-refractivity contribution < 1.29 is 14.3 Å². The van der Waals surface area contributed by atoms with Crippen LogP contribution in [0, 0.1) is 0 Å². The molecule has 5 heteroatoms. The molecule has 0 unspecified atom stereocenters. The van der Waals surface area contributed by atoms with Crippen molar-refractivity contribution in [3.05, 3.63) is 23.8 Å². The Morgan fingerprint density at radius 3 is 2.55 bits per heavy atom. The average Bonchev–Trinajstić information content (AvgIpc) is 2.95. The lowest BCUT2D eigenvalue weighted by Gasteiger charge is -2.28. The topological polar surface area (TPSA) is 47.6 Å². The Hall–Kier alpha value is -1.42. The first-order valence-corrected chi connectivity index (χ1v) is 7.29. The molecule has 4 nitrogen and oxygen atoms in total. The lowest BCUT2D eigenvalue weighted by atomic mass is 9.99. The summed E-state index contributed by atoms with van der Waals surface area (Å²) in [5.41, 5.74) is 0.190. The van der Waals surface area contributed by atoms with Crippen LogP contribution in [0.3, 0.4) is 0 Å². The van der Waals surface area contributed by atoms with Crippen LogP contribution < -0.4 is 14.8 Å². The van der Waals surface area contributed by atoms with Gasteiger partial charge in [-0.05, 0) is 25.0 Å². The smallest absolute Gasteiger partial charge is 0.255 e. The first-order valence-electron chi connectivity index (χ1n) is 6.75. The number of halogens is 1. The van der Waals surface area contributed by atoms with Gasteiger partial charge in [0.25, 0.3) is 5.91 Å². The molecule has 0 spiro atoms. The Kier molecular flexibility index (Phi) is 4.76. The highest BCUT2D eigenvalue weighted by Gasteiger charge is 2.35. The van der Waals surface area contributed by atoms with Gasteiger partial charge >= 0.3 is 0 Å². The van der Waals surface area contributed by atoms with Crippen molar-refractivity contribution in [3.63, 3.8) is 0 Å². The maximum atomic E-state index is 12.5. The van der Waals surface area contributed by atoms with E-state index in [9.17, 15) is 4.79 Å². The SMILES string of the molecule is COc1cccc(C(=O)NC2(CCl)CCCC2)c1OC. The van der Waals surface area contributed by atoms with E-state index in [1.165, 1.54) is 7.11 Å². The summed E-state index contributed by atoms with van der Waals surface area (Å²) in [6.45, 7) is 0. The zero-order valence-corrected chi connectivity index (χ0v) is 12.6. The van der Waals surface area contributed by atoms with Gasteiger partial charge in [0.1, 0.15) is 0 Å². The second kappa shape index (κ2) is 6.35. The van der Waals surface area contributed by atoms with Gasteiger partial charge in [-0.15, -0.1) is 11.6 Å². The minimum atomic E-state index is -0.285. The van der Waals surface area contributed by atoms with Crippen LogP contribution in [0.4, 0.5) is 0 Å². The number of amides is 1. The summed E-state index contributed by atoms with van der Waals surface area (Å²) in [6, 6.07) is 5.27. The van der Waals surface area contributed by atoms with Crippen molar-refractivity contribution in [3.8, 4) is 11.5 Å². The molecule has 1 amide bonds. The molecule has 1 fully saturated rings. The van der Waals surface area contributed by atoms with E-state index in [1.54, 1.807) is 25.3 Å². The Bertz CT molecular complexity index is 484. The van der Waals surface area contributed by atoms with Crippen LogP contribution in [0.1, 0.15) is 36.0 Å². The number of carbonyl (C=O) groups excluding carboxylic acids is 1. The Labute approximate surface area is 124 Å².